The predicted molar refractivity (Wildman–Crippen MR) is 77.3 cm³/mol. The van der Waals surface area contributed by atoms with Crippen LogP contribution in [-0.4, -0.2) is 50.8 Å². The quantitative estimate of drug-likeness (QED) is 0.849. The molecule has 112 valence electrons. The molecule has 1 aromatic heterocycles. The molecule has 0 amide bonds. The summed E-state index contributed by atoms with van der Waals surface area (Å²) in [6, 6.07) is 6.86. The molecule has 0 atom stereocenters. The number of fused-ring (bicyclic) bond motifs is 1. The summed E-state index contributed by atoms with van der Waals surface area (Å²) in [7, 11) is -2.08. The van der Waals surface area contributed by atoms with Gasteiger partial charge in [0.2, 0.25) is 10.0 Å². The van der Waals surface area contributed by atoms with Crippen molar-refractivity contribution in [2.75, 3.05) is 26.8 Å². The van der Waals surface area contributed by atoms with E-state index in [4.69, 9.17) is 9.47 Å². The van der Waals surface area contributed by atoms with Gasteiger partial charge in [-0.05, 0) is 12.1 Å². The first kappa shape index (κ1) is 14.4. The van der Waals surface area contributed by atoms with Crippen LogP contribution in [0.25, 0.3) is 10.8 Å². The van der Waals surface area contributed by atoms with Gasteiger partial charge in [-0.3, -0.25) is 4.98 Å². The van der Waals surface area contributed by atoms with Gasteiger partial charge >= 0.3 is 0 Å². The standard InChI is InChI=1S/C14H16N2O4S/c1-16(10-14-19-7-8-20-14)21(17,18)13-4-2-3-11-9-15-6-5-12(11)13/h2-6,9,14H,7-8,10H2,1H3. The van der Waals surface area contributed by atoms with Gasteiger partial charge in [-0.1, -0.05) is 12.1 Å². The number of hydrogen-bond donors (Lipinski definition) is 0. The number of rotatable bonds is 4. The molecule has 0 N–H and O–H groups in total. The van der Waals surface area contributed by atoms with Crippen molar-refractivity contribution in [1.82, 2.24) is 9.29 Å². The van der Waals surface area contributed by atoms with Gasteiger partial charge < -0.3 is 9.47 Å². The Morgan fingerprint density at radius 1 is 1.29 bits per heavy atom. The molecule has 21 heavy (non-hydrogen) atoms. The maximum atomic E-state index is 12.7. The zero-order chi connectivity index (χ0) is 14.9. The first-order valence-corrected chi connectivity index (χ1v) is 8.05. The van der Waals surface area contributed by atoms with E-state index >= 15 is 0 Å². The second kappa shape index (κ2) is 5.69. The molecule has 0 saturated carbocycles. The first-order chi connectivity index (χ1) is 10.1. The maximum absolute atomic E-state index is 12.7. The monoisotopic (exact) mass is 308 g/mol. The lowest BCUT2D eigenvalue weighted by atomic mass is 10.2. The van der Waals surface area contributed by atoms with Crippen LogP contribution in [0, 0.1) is 0 Å². The summed E-state index contributed by atoms with van der Waals surface area (Å²) >= 11 is 0. The molecular formula is C14H16N2O4S. The van der Waals surface area contributed by atoms with E-state index < -0.39 is 16.3 Å². The molecule has 1 fully saturated rings. The van der Waals surface area contributed by atoms with Gasteiger partial charge in [-0.15, -0.1) is 0 Å². The molecule has 0 radical (unpaired) electrons. The molecular weight excluding hydrogens is 292 g/mol. The topological polar surface area (TPSA) is 68.7 Å². The number of aromatic nitrogens is 1. The van der Waals surface area contributed by atoms with E-state index in [0.29, 0.717) is 18.6 Å². The second-order valence-electron chi connectivity index (χ2n) is 4.81. The Kier molecular flexibility index (Phi) is 3.90. The van der Waals surface area contributed by atoms with Crippen LogP contribution in [0.5, 0.6) is 0 Å². The van der Waals surface area contributed by atoms with Crippen molar-refractivity contribution in [2.24, 2.45) is 0 Å². The molecule has 0 bridgehead atoms. The molecule has 1 aromatic carbocycles. The Morgan fingerprint density at radius 3 is 2.81 bits per heavy atom. The van der Waals surface area contributed by atoms with Crippen LogP contribution in [0.2, 0.25) is 0 Å². The smallest absolute Gasteiger partial charge is 0.243 e. The van der Waals surface area contributed by atoms with Gasteiger partial charge in [0, 0.05) is 30.2 Å². The van der Waals surface area contributed by atoms with E-state index in [9.17, 15) is 8.42 Å². The Bertz CT molecular complexity index is 736. The molecule has 2 heterocycles. The fourth-order valence-corrected chi connectivity index (χ4v) is 3.67. The average molecular weight is 308 g/mol. The number of sulfonamides is 1. The van der Waals surface area contributed by atoms with E-state index in [1.807, 2.05) is 6.07 Å². The zero-order valence-electron chi connectivity index (χ0n) is 11.6. The summed E-state index contributed by atoms with van der Waals surface area (Å²) in [4.78, 5) is 4.28. The molecule has 1 aliphatic rings. The largest absolute Gasteiger partial charge is 0.349 e. The van der Waals surface area contributed by atoms with Crippen LogP contribution in [0.3, 0.4) is 0 Å². The highest BCUT2D eigenvalue weighted by Gasteiger charge is 2.27. The molecule has 1 saturated heterocycles. The van der Waals surface area contributed by atoms with Gasteiger partial charge in [-0.2, -0.15) is 4.31 Å². The molecule has 3 rings (SSSR count). The van der Waals surface area contributed by atoms with E-state index in [1.54, 1.807) is 30.6 Å². The molecule has 0 spiro atoms. The molecule has 2 aromatic rings. The van der Waals surface area contributed by atoms with Crippen molar-refractivity contribution in [2.45, 2.75) is 11.2 Å². The minimum absolute atomic E-state index is 0.170. The third kappa shape index (κ3) is 2.77. The number of benzene rings is 1. The highest BCUT2D eigenvalue weighted by molar-refractivity contribution is 7.89. The highest BCUT2D eigenvalue weighted by Crippen LogP contribution is 2.25. The minimum Gasteiger partial charge on any atom is -0.349 e. The Morgan fingerprint density at radius 2 is 2.05 bits per heavy atom. The molecule has 1 aliphatic heterocycles. The summed E-state index contributed by atoms with van der Waals surface area (Å²) in [5.41, 5.74) is 0. The molecule has 6 nitrogen and oxygen atoms in total. The van der Waals surface area contributed by atoms with E-state index in [0.717, 1.165) is 5.39 Å². The molecule has 0 aliphatic carbocycles. The minimum atomic E-state index is -3.61. The van der Waals surface area contributed by atoms with Crippen LogP contribution in [-0.2, 0) is 19.5 Å². The third-order valence-electron chi connectivity index (χ3n) is 3.43. The van der Waals surface area contributed by atoms with Crippen LogP contribution in [0.15, 0.2) is 41.6 Å². The van der Waals surface area contributed by atoms with Gasteiger partial charge in [-0.25, -0.2) is 8.42 Å². The van der Waals surface area contributed by atoms with Crippen molar-refractivity contribution < 1.29 is 17.9 Å². The Labute approximate surface area is 123 Å². The summed E-state index contributed by atoms with van der Waals surface area (Å²) in [6.45, 7) is 1.17. The lowest BCUT2D eigenvalue weighted by Crippen LogP contribution is -2.34. The third-order valence-corrected chi connectivity index (χ3v) is 5.31. The van der Waals surface area contributed by atoms with Crippen LogP contribution in [0.1, 0.15) is 0 Å². The number of likely N-dealkylation sites (N-methyl/N-ethyl adjacent to an activating group) is 1. The Hall–Kier alpha value is -1.54. The summed E-state index contributed by atoms with van der Waals surface area (Å²) in [6.07, 6.45) is 2.74. The van der Waals surface area contributed by atoms with Crippen LogP contribution in [0.4, 0.5) is 0 Å². The maximum Gasteiger partial charge on any atom is 0.243 e. The normalized spacial score (nSPS) is 16.9. The van der Waals surface area contributed by atoms with Crippen LogP contribution >= 0.6 is 0 Å². The number of pyridine rings is 1. The number of hydrogen-bond acceptors (Lipinski definition) is 5. The van der Waals surface area contributed by atoms with Gasteiger partial charge in [0.1, 0.15) is 0 Å². The zero-order valence-corrected chi connectivity index (χ0v) is 12.4. The predicted octanol–water partition coefficient (Wildman–Crippen LogP) is 1.23. The lowest BCUT2D eigenvalue weighted by molar-refractivity contribution is -0.0482. The average Bonchev–Trinajstić information content (AvgIpc) is 2.99. The van der Waals surface area contributed by atoms with Crippen molar-refractivity contribution in [3.05, 3.63) is 36.7 Å². The van der Waals surface area contributed by atoms with Crippen LogP contribution < -0.4 is 0 Å². The fraction of sp³-hybridized carbons (Fsp3) is 0.357. The molecule has 0 unspecified atom stereocenters. The van der Waals surface area contributed by atoms with Gasteiger partial charge in [0.25, 0.3) is 0 Å². The summed E-state index contributed by atoms with van der Waals surface area (Å²) in [5, 5.41) is 1.45. The Balaban J connectivity index is 1.95. The van der Waals surface area contributed by atoms with Gasteiger partial charge in [0.15, 0.2) is 6.29 Å². The van der Waals surface area contributed by atoms with Crippen molar-refractivity contribution in [1.29, 1.82) is 0 Å². The van der Waals surface area contributed by atoms with E-state index in [1.165, 1.54) is 11.4 Å². The van der Waals surface area contributed by atoms with Crippen molar-refractivity contribution in [3.63, 3.8) is 0 Å². The fourth-order valence-electron chi connectivity index (χ4n) is 2.31. The van der Waals surface area contributed by atoms with Crippen molar-refractivity contribution in [3.8, 4) is 0 Å². The number of nitrogens with zero attached hydrogens (tertiary/aromatic N) is 2. The number of ether oxygens (including phenoxy) is 2. The molecule has 7 heteroatoms. The summed E-state index contributed by atoms with van der Waals surface area (Å²) < 4.78 is 37.3. The van der Waals surface area contributed by atoms with Gasteiger partial charge in [0.05, 0.1) is 24.7 Å². The second-order valence-corrected chi connectivity index (χ2v) is 6.82. The highest BCUT2D eigenvalue weighted by atomic mass is 32.2. The first-order valence-electron chi connectivity index (χ1n) is 6.61. The SMILES string of the molecule is CN(CC1OCCO1)S(=O)(=O)c1cccc2cnccc12. The van der Waals surface area contributed by atoms with Crippen molar-refractivity contribution >= 4 is 20.8 Å². The van der Waals surface area contributed by atoms with E-state index in [-0.39, 0.29) is 11.4 Å². The van der Waals surface area contributed by atoms with E-state index in [2.05, 4.69) is 4.98 Å². The lowest BCUT2D eigenvalue weighted by Gasteiger charge is -2.20. The summed E-state index contributed by atoms with van der Waals surface area (Å²) in [5.74, 6) is 0.